The van der Waals surface area contributed by atoms with Gasteiger partial charge in [-0.1, -0.05) is 36.4 Å². The number of hydrogen-bond acceptors (Lipinski definition) is 8. The molecule has 0 aliphatic carbocycles. The second-order valence-corrected chi connectivity index (χ2v) is 8.51. The maximum atomic E-state index is 12.7. The molecule has 2 aliphatic rings. The maximum Gasteiger partial charge on any atom is 0.311 e. The van der Waals surface area contributed by atoms with Gasteiger partial charge < -0.3 is 14.4 Å². The summed E-state index contributed by atoms with van der Waals surface area (Å²) in [7, 11) is 0. The highest BCUT2D eigenvalue weighted by atomic mass is 32.2. The Kier molecular flexibility index (Phi) is 7.24. The van der Waals surface area contributed by atoms with Crippen molar-refractivity contribution >= 4 is 40.6 Å². The van der Waals surface area contributed by atoms with Gasteiger partial charge in [0.1, 0.15) is 13.2 Å². The average Bonchev–Trinajstić information content (AvgIpc) is 3.11. The largest absolute Gasteiger partial charge is 0.482 e. The lowest BCUT2D eigenvalue weighted by Crippen LogP contribution is -2.46. The topological polar surface area (TPSA) is 119 Å². The SMILES string of the molecule is O=C(CN1C(=O)S/C(=C/c2ccc(OCc3ccccc3)c([N+](=O)[O-])c2)C1=O)N1CCOCC1. The molecule has 11 heteroatoms. The quantitative estimate of drug-likeness (QED) is 0.335. The molecule has 2 aromatic carbocycles. The van der Waals surface area contributed by atoms with Crippen LogP contribution in [0.4, 0.5) is 10.5 Å². The fourth-order valence-electron chi connectivity index (χ4n) is 3.46. The van der Waals surface area contributed by atoms with Crippen LogP contribution in [-0.2, 0) is 20.9 Å². The van der Waals surface area contributed by atoms with Gasteiger partial charge in [0.05, 0.1) is 23.0 Å². The molecule has 34 heavy (non-hydrogen) atoms. The van der Waals surface area contributed by atoms with E-state index in [-0.39, 0.29) is 35.4 Å². The Morgan fingerprint density at radius 1 is 1.15 bits per heavy atom. The molecule has 0 bridgehead atoms. The molecule has 0 atom stereocenters. The third-order valence-corrected chi connectivity index (χ3v) is 6.15. The van der Waals surface area contributed by atoms with Gasteiger partial charge in [0.2, 0.25) is 5.91 Å². The van der Waals surface area contributed by atoms with Crippen LogP contribution >= 0.6 is 11.8 Å². The summed E-state index contributed by atoms with van der Waals surface area (Å²) in [6, 6.07) is 13.6. The number of nitrogens with zero attached hydrogens (tertiary/aromatic N) is 3. The second-order valence-electron chi connectivity index (χ2n) is 7.52. The van der Waals surface area contributed by atoms with Crippen LogP contribution in [0.3, 0.4) is 0 Å². The zero-order valence-electron chi connectivity index (χ0n) is 18.0. The number of nitro groups is 1. The number of thioether (sulfide) groups is 1. The molecular formula is C23H21N3O7S. The number of hydrogen-bond donors (Lipinski definition) is 0. The van der Waals surface area contributed by atoms with E-state index in [1.165, 1.54) is 18.2 Å². The van der Waals surface area contributed by atoms with Crippen molar-refractivity contribution in [1.29, 1.82) is 0 Å². The number of nitro benzene ring substituents is 1. The zero-order chi connectivity index (χ0) is 24.1. The summed E-state index contributed by atoms with van der Waals surface area (Å²) in [6.45, 7) is 1.46. The Morgan fingerprint density at radius 3 is 2.59 bits per heavy atom. The average molecular weight is 484 g/mol. The molecule has 0 N–H and O–H groups in total. The van der Waals surface area contributed by atoms with Crippen molar-refractivity contribution in [2.45, 2.75) is 6.61 Å². The molecule has 2 heterocycles. The van der Waals surface area contributed by atoms with Crippen molar-refractivity contribution < 1.29 is 28.8 Å². The van der Waals surface area contributed by atoms with Crippen LogP contribution in [0.15, 0.2) is 53.4 Å². The molecule has 2 saturated heterocycles. The Hall–Kier alpha value is -3.70. The minimum atomic E-state index is -0.608. The van der Waals surface area contributed by atoms with Gasteiger partial charge in [0.15, 0.2) is 5.75 Å². The third-order valence-electron chi connectivity index (χ3n) is 5.25. The van der Waals surface area contributed by atoms with Crippen molar-refractivity contribution in [3.63, 3.8) is 0 Å². The number of benzene rings is 2. The first-order valence-electron chi connectivity index (χ1n) is 10.5. The number of carbonyl (C=O) groups is 3. The number of imide groups is 1. The van der Waals surface area contributed by atoms with Crippen LogP contribution in [0.25, 0.3) is 6.08 Å². The van der Waals surface area contributed by atoms with Crippen LogP contribution in [-0.4, -0.2) is 64.6 Å². The van der Waals surface area contributed by atoms with E-state index in [0.717, 1.165) is 10.5 Å². The Morgan fingerprint density at radius 2 is 1.88 bits per heavy atom. The maximum absolute atomic E-state index is 12.7. The van der Waals surface area contributed by atoms with E-state index < -0.39 is 16.1 Å². The van der Waals surface area contributed by atoms with Gasteiger partial charge in [-0.3, -0.25) is 29.4 Å². The normalized spacial score (nSPS) is 17.4. The Labute approximate surface area is 199 Å². The van der Waals surface area contributed by atoms with Crippen LogP contribution in [0, 0.1) is 10.1 Å². The number of rotatable bonds is 7. The summed E-state index contributed by atoms with van der Waals surface area (Å²) >= 11 is 0.693. The summed E-state index contributed by atoms with van der Waals surface area (Å²) in [4.78, 5) is 51.1. The molecule has 4 rings (SSSR count). The molecule has 2 aliphatic heterocycles. The summed E-state index contributed by atoms with van der Waals surface area (Å²) in [5, 5.41) is 11.0. The van der Waals surface area contributed by atoms with Gasteiger partial charge >= 0.3 is 5.69 Å². The van der Waals surface area contributed by atoms with Crippen LogP contribution in [0.1, 0.15) is 11.1 Å². The zero-order valence-corrected chi connectivity index (χ0v) is 18.9. The highest BCUT2D eigenvalue weighted by Gasteiger charge is 2.37. The van der Waals surface area contributed by atoms with Gasteiger partial charge in [0, 0.05) is 19.2 Å². The summed E-state index contributed by atoms with van der Waals surface area (Å²) < 4.78 is 10.8. The van der Waals surface area contributed by atoms with Crippen molar-refractivity contribution in [3.05, 3.63) is 74.7 Å². The number of amides is 3. The smallest absolute Gasteiger partial charge is 0.311 e. The lowest BCUT2D eigenvalue weighted by molar-refractivity contribution is -0.386. The van der Waals surface area contributed by atoms with E-state index in [9.17, 15) is 24.5 Å². The Bertz CT molecular complexity index is 1150. The molecule has 0 saturated carbocycles. The summed E-state index contributed by atoms with van der Waals surface area (Å²) in [5.74, 6) is -0.846. The molecule has 3 amide bonds. The Balaban J connectivity index is 1.47. The summed E-state index contributed by atoms with van der Waals surface area (Å²) in [6.07, 6.45) is 1.40. The first-order valence-corrected chi connectivity index (χ1v) is 11.3. The van der Waals surface area contributed by atoms with Crippen molar-refractivity contribution in [1.82, 2.24) is 9.80 Å². The van der Waals surface area contributed by atoms with E-state index in [4.69, 9.17) is 9.47 Å². The molecule has 0 unspecified atom stereocenters. The number of carbonyl (C=O) groups excluding carboxylic acids is 3. The molecule has 2 aromatic rings. The van der Waals surface area contributed by atoms with Gasteiger partial charge in [-0.25, -0.2) is 0 Å². The highest BCUT2D eigenvalue weighted by Crippen LogP contribution is 2.34. The molecular weight excluding hydrogens is 462 g/mol. The number of morpholine rings is 1. The fraction of sp³-hybridized carbons (Fsp3) is 0.261. The minimum Gasteiger partial charge on any atom is -0.482 e. The molecule has 10 nitrogen and oxygen atoms in total. The van der Waals surface area contributed by atoms with Crippen molar-refractivity contribution in [2.24, 2.45) is 0 Å². The van der Waals surface area contributed by atoms with E-state index >= 15 is 0 Å². The molecule has 0 radical (unpaired) electrons. The van der Waals surface area contributed by atoms with Crippen LogP contribution < -0.4 is 4.74 Å². The predicted octanol–water partition coefficient (Wildman–Crippen LogP) is 3.07. The van der Waals surface area contributed by atoms with E-state index in [0.29, 0.717) is 43.6 Å². The molecule has 2 fully saturated rings. The lowest BCUT2D eigenvalue weighted by Gasteiger charge is -2.28. The standard InChI is InChI=1S/C23H21N3O7S/c27-21(24-8-10-32-11-9-24)14-25-22(28)20(34-23(25)29)13-17-6-7-19(18(12-17)26(30)31)33-15-16-4-2-1-3-5-16/h1-7,12-13H,8-11,14-15H2/b20-13+. The monoisotopic (exact) mass is 483 g/mol. The van der Waals surface area contributed by atoms with Crippen LogP contribution in [0.5, 0.6) is 5.75 Å². The number of ether oxygens (including phenoxy) is 2. The predicted molar refractivity (Wildman–Crippen MR) is 124 cm³/mol. The fourth-order valence-corrected chi connectivity index (χ4v) is 4.30. The summed E-state index contributed by atoms with van der Waals surface area (Å²) in [5.41, 5.74) is 0.969. The molecule has 176 valence electrons. The van der Waals surface area contributed by atoms with Gasteiger partial charge in [-0.05, 0) is 35.0 Å². The first-order chi connectivity index (χ1) is 16.4. The lowest BCUT2D eigenvalue weighted by atomic mass is 10.1. The first kappa shape index (κ1) is 23.5. The van der Waals surface area contributed by atoms with E-state index in [2.05, 4.69) is 0 Å². The molecule has 0 spiro atoms. The van der Waals surface area contributed by atoms with Crippen LogP contribution in [0.2, 0.25) is 0 Å². The van der Waals surface area contributed by atoms with Crippen molar-refractivity contribution in [3.8, 4) is 5.75 Å². The van der Waals surface area contributed by atoms with E-state index in [1.54, 1.807) is 11.0 Å². The van der Waals surface area contributed by atoms with Crippen molar-refractivity contribution in [2.75, 3.05) is 32.8 Å². The second kappa shape index (κ2) is 10.5. The van der Waals surface area contributed by atoms with E-state index in [1.807, 2.05) is 30.3 Å². The highest BCUT2D eigenvalue weighted by molar-refractivity contribution is 8.18. The minimum absolute atomic E-state index is 0.0898. The van der Waals surface area contributed by atoms with Gasteiger partial charge in [0.25, 0.3) is 11.1 Å². The molecule has 0 aromatic heterocycles. The van der Waals surface area contributed by atoms with Gasteiger partial charge in [-0.2, -0.15) is 0 Å². The third kappa shape index (κ3) is 5.43. The van der Waals surface area contributed by atoms with Gasteiger partial charge in [-0.15, -0.1) is 0 Å².